The third-order valence-corrected chi connectivity index (χ3v) is 3.81. The quantitative estimate of drug-likeness (QED) is 0.872. The van der Waals surface area contributed by atoms with E-state index >= 15 is 0 Å². The van der Waals surface area contributed by atoms with Crippen molar-refractivity contribution in [1.82, 2.24) is 10.6 Å². The number of nitrogens with one attached hydrogen (secondary N) is 2. The largest absolute Gasteiger partial charge is 0.497 e. The molecule has 4 heteroatoms. The van der Waals surface area contributed by atoms with Gasteiger partial charge in [0, 0.05) is 0 Å². The first-order chi connectivity index (χ1) is 9.05. The minimum atomic E-state index is -0.423. The standard InChI is InChI=1S/C15H22N2O2/c1-11(12-6-4-7-13(10-12)19-3)17-14(18)15(2)8-5-9-16-15/h4,6-7,10-11,16H,5,8-9H2,1-3H3,(H,17,18)/t11-,15?/m1/s1. The van der Waals surface area contributed by atoms with Gasteiger partial charge in [-0.3, -0.25) is 4.79 Å². The summed E-state index contributed by atoms with van der Waals surface area (Å²) >= 11 is 0. The molecule has 4 nitrogen and oxygen atoms in total. The molecule has 1 heterocycles. The zero-order valence-electron chi connectivity index (χ0n) is 11.8. The first-order valence-corrected chi connectivity index (χ1v) is 6.75. The molecular weight excluding hydrogens is 240 g/mol. The van der Waals surface area contributed by atoms with Crippen LogP contribution in [0.3, 0.4) is 0 Å². The highest BCUT2D eigenvalue weighted by molar-refractivity contribution is 5.86. The van der Waals surface area contributed by atoms with E-state index in [2.05, 4.69) is 10.6 Å². The first-order valence-electron chi connectivity index (χ1n) is 6.75. The Labute approximate surface area is 114 Å². The second kappa shape index (κ2) is 5.61. The number of hydrogen-bond donors (Lipinski definition) is 2. The number of ether oxygens (including phenoxy) is 1. The topological polar surface area (TPSA) is 50.4 Å². The number of benzene rings is 1. The molecule has 2 atom stereocenters. The van der Waals surface area contributed by atoms with Gasteiger partial charge in [0.1, 0.15) is 5.75 Å². The molecule has 1 saturated heterocycles. The Bertz CT molecular complexity index is 453. The summed E-state index contributed by atoms with van der Waals surface area (Å²) in [6, 6.07) is 7.76. The third kappa shape index (κ3) is 3.07. The van der Waals surface area contributed by atoms with E-state index in [1.54, 1.807) is 7.11 Å². The van der Waals surface area contributed by atoms with E-state index in [0.29, 0.717) is 0 Å². The maximum absolute atomic E-state index is 12.3. The highest BCUT2D eigenvalue weighted by Gasteiger charge is 2.36. The van der Waals surface area contributed by atoms with Crippen LogP contribution in [0.5, 0.6) is 5.75 Å². The predicted octanol–water partition coefficient (Wildman–Crippen LogP) is 2.01. The number of carbonyl (C=O) groups excluding carboxylic acids is 1. The number of methoxy groups -OCH3 is 1. The van der Waals surface area contributed by atoms with Gasteiger partial charge in [-0.05, 0) is 50.9 Å². The Hall–Kier alpha value is -1.55. The van der Waals surface area contributed by atoms with Crippen LogP contribution in [0.2, 0.25) is 0 Å². The van der Waals surface area contributed by atoms with Crippen molar-refractivity contribution in [2.24, 2.45) is 0 Å². The minimum absolute atomic E-state index is 0.0261. The van der Waals surface area contributed by atoms with Gasteiger partial charge in [0.25, 0.3) is 0 Å². The van der Waals surface area contributed by atoms with Crippen molar-refractivity contribution >= 4 is 5.91 Å². The van der Waals surface area contributed by atoms with E-state index in [1.807, 2.05) is 38.1 Å². The lowest BCUT2D eigenvalue weighted by Crippen LogP contribution is -2.51. The van der Waals surface area contributed by atoms with Gasteiger partial charge in [-0.25, -0.2) is 0 Å². The van der Waals surface area contributed by atoms with Gasteiger partial charge in [0.15, 0.2) is 0 Å². The molecule has 0 bridgehead atoms. The molecule has 0 saturated carbocycles. The SMILES string of the molecule is COc1cccc([C@@H](C)NC(=O)C2(C)CCCN2)c1. The molecule has 0 aliphatic carbocycles. The highest BCUT2D eigenvalue weighted by Crippen LogP contribution is 2.22. The predicted molar refractivity (Wildman–Crippen MR) is 75.2 cm³/mol. The molecule has 104 valence electrons. The molecule has 0 aromatic heterocycles. The normalized spacial score (nSPS) is 23.9. The second-order valence-electron chi connectivity index (χ2n) is 5.33. The maximum atomic E-state index is 12.3. The van der Waals surface area contributed by atoms with Gasteiger partial charge in [0.05, 0.1) is 18.7 Å². The van der Waals surface area contributed by atoms with Crippen molar-refractivity contribution in [3.63, 3.8) is 0 Å². The molecule has 1 amide bonds. The maximum Gasteiger partial charge on any atom is 0.240 e. The van der Waals surface area contributed by atoms with E-state index in [-0.39, 0.29) is 11.9 Å². The summed E-state index contributed by atoms with van der Waals surface area (Å²) in [5.74, 6) is 0.879. The molecule has 0 radical (unpaired) electrons. The zero-order chi connectivity index (χ0) is 13.9. The minimum Gasteiger partial charge on any atom is -0.497 e. The fourth-order valence-corrected chi connectivity index (χ4v) is 2.44. The van der Waals surface area contributed by atoms with E-state index < -0.39 is 5.54 Å². The van der Waals surface area contributed by atoms with Crippen molar-refractivity contribution in [2.75, 3.05) is 13.7 Å². The summed E-state index contributed by atoms with van der Waals surface area (Å²) < 4.78 is 5.20. The lowest BCUT2D eigenvalue weighted by atomic mass is 9.98. The summed E-state index contributed by atoms with van der Waals surface area (Å²) in [6.07, 6.45) is 1.95. The van der Waals surface area contributed by atoms with Crippen molar-refractivity contribution in [3.8, 4) is 5.75 Å². The molecular formula is C15H22N2O2. The molecule has 2 N–H and O–H groups in total. The van der Waals surface area contributed by atoms with Gasteiger partial charge >= 0.3 is 0 Å². The summed E-state index contributed by atoms with van der Waals surface area (Å²) in [5, 5.41) is 6.35. The average Bonchev–Trinajstić information content (AvgIpc) is 2.87. The Kier molecular flexibility index (Phi) is 4.10. The van der Waals surface area contributed by atoms with Crippen LogP contribution in [0, 0.1) is 0 Å². The number of carbonyl (C=O) groups is 1. The van der Waals surface area contributed by atoms with Gasteiger partial charge in [-0.15, -0.1) is 0 Å². The van der Waals surface area contributed by atoms with E-state index in [1.165, 1.54) is 0 Å². The molecule has 1 unspecified atom stereocenters. The Morgan fingerprint density at radius 2 is 2.32 bits per heavy atom. The van der Waals surface area contributed by atoms with E-state index in [9.17, 15) is 4.79 Å². The van der Waals surface area contributed by atoms with Crippen molar-refractivity contribution < 1.29 is 9.53 Å². The van der Waals surface area contributed by atoms with Crippen LogP contribution in [0.25, 0.3) is 0 Å². The molecule has 1 aliphatic rings. The van der Waals surface area contributed by atoms with Gasteiger partial charge in [-0.2, -0.15) is 0 Å². The van der Waals surface area contributed by atoms with Crippen LogP contribution in [0.1, 0.15) is 38.3 Å². The molecule has 1 aliphatic heterocycles. The number of hydrogen-bond acceptors (Lipinski definition) is 3. The molecule has 2 rings (SSSR count). The Morgan fingerprint density at radius 3 is 2.95 bits per heavy atom. The van der Waals surface area contributed by atoms with E-state index in [4.69, 9.17) is 4.74 Å². The highest BCUT2D eigenvalue weighted by atomic mass is 16.5. The van der Waals surface area contributed by atoms with Gasteiger partial charge < -0.3 is 15.4 Å². The van der Waals surface area contributed by atoms with Crippen LogP contribution in [-0.4, -0.2) is 25.1 Å². The monoisotopic (exact) mass is 262 g/mol. The van der Waals surface area contributed by atoms with Crippen LogP contribution in [0.15, 0.2) is 24.3 Å². The van der Waals surface area contributed by atoms with Crippen molar-refractivity contribution in [2.45, 2.75) is 38.3 Å². The number of amides is 1. The fourth-order valence-electron chi connectivity index (χ4n) is 2.44. The molecule has 1 fully saturated rings. The summed E-state index contributed by atoms with van der Waals surface area (Å²) in [7, 11) is 1.64. The molecule has 1 aromatic carbocycles. The molecule has 19 heavy (non-hydrogen) atoms. The van der Waals surface area contributed by atoms with E-state index in [0.717, 1.165) is 30.7 Å². The van der Waals surface area contributed by atoms with Gasteiger partial charge in [0.2, 0.25) is 5.91 Å². The third-order valence-electron chi connectivity index (χ3n) is 3.81. The van der Waals surface area contributed by atoms with Crippen LogP contribution in [0.4, 0.5) is 0 Å². The summed E-state index contributed by atoms with van der Waals surface area (Å²) in [4.78, 5) is 12.3. The van der Waals surface area contributed by atoms with Crippen LogP contribution in [-0.2, 0) is 4.79 Å². The summed E-state index contributed by atoms with van der Waals surface area (Å²) in [6.45, 7) is 4.87. The van der Waals surface area contributed by atoms with Crippen LogP contribution >= 0.6 is 0 Å². The second-order valence-corrected chi connectivity index (χ2v) is 5.33. The zero-order valence-corrected chi connectivity index (χ0v) is 11.8. The molecule has 0 spiro atoms. The lowest BCUT2D eigenvalue weighted by molar-refractivity contribution is -0.127. The Balaban J connectivity index is 2.03. The summed E-state index contributed by atoms with van der Waals surface area (Å²) in [5.41, 5.74) is 0.627. The van der Waals surface area contributed by atoms with Gasteiger partial charge in [-0.1, -0.05) is 12.1 Å². The smallest absolute Gasteiger partial charge is 0.240 e. The molecule has 1 aromatic rings. The van der Waals surface area contributed by atoms with Crippen LogP contribution < -0.4 is 15.4 Å². The fraction of sp³-hybridized carbons (Fsp3) is 0.533. The van der Waals surface area contributed by atoms with Crippen molar-refractivity contribution in [3.05, 3.63) is 29.8 Å². The Morgan fingerprint density at radius 1 is 1.53 bits per heavy atom. The first kappa shape index (κ1) is 13.9. The number of rotatable bonds is 4. The average molecular weight is 262 g/mol. The lowest BCUT2D eigenvalue weighted by Gasteiger charge is -2.26. The van der Waals surface area contributed by atoms with Crippen molar-refractivity contribution in [1.29, 1.82) is 0 Å².